The highest BCUT2D eigenvalue weighted by Crippen LogP contribution is 2.30. The van der Waals surface area contributed by atoms with E-state index in [9.17, 15) is 9.18 Å². The van der Waals surface area contributed by atoms with Crippen LogP contribution < -0.4 is 0 Å². The van der Waals surface area contributed by atoms with Gasteiger partial charge in [-0.15, -0.1) is 0 Å². The minimum atomic E-state index is -0.347. The van der Waals surface area contributed by atoms with Gasteiger partial charge in [-0.2, -0.15) is 5.10 Å². The SMILES string of the molecule is O=C(CCc1cnn(CC2CC2)c1)c1ccc(F)cc1Br. The summed E-state index contributed by atoms with van der Waals surface area (Å²) in [6, 6.07) is 4.16. The van der Waals surface area contributed by atoms with Gasteiger partial charge < -0.3 is 0 Å². The Morgan fingerprint density at radius 2 is 2.24 bits per heavy atom. The van der Waals surface area contributed by atoms with Crippen LogP contribution in [0.1, 0.15) is 35.2 Å². The van der Waals surface area contributed by atoms with Gasteiger partial charge in [0.15, 0.2) is 5.78 Å². The van der Waals surface area contributed by atoms with E-state index in [1.165, 1.54) is 31.0 Å². The van der Waals surface area contributed by atoms with Crippen molar-refractivity contribution in [3.05, 3.63) is 52.0 Å². The quantitative estimate of drug-likeness (QED) is 0.737. The molecule has 110 valence electrons. The molecule has 0 atom stereocenters. The molecule has 1 heterocycles. The largest absolute Gasteiger partial charge is 0.294 e. The van der Waals surface area contributed by atoms with Gasteiger partial charge in [0.25, 0.3) is 0 Å². The summed E-state index contributed by atoms with van der Waals surface area (Å²) in [4.78, 5) is 12.2. The minimum absolute atomic E-state index is 0.0109. The van der Waals surface area contributed by atoms with Crippen LogP contribution >= 0.6 is 15.9 Å². The maximum atomic E-state index is 13.0. The number of hydrogen-bond donors (Lipinski definition) is 0. The van der Waals surface area contributed by atoms with Crippen LogP contribution in [-0.4, -0.2) is 15.6 Å². The summed E-state index contributed by atoms with van der Waals surface area (Å²) in [6.07, 6.45) is 7.51. The number of halogens is 2. The van der Waals surface area contributed by atoms with Crippen LogP contribution in [0.25, 0.3) is 0 Å². The van der Waals surface area contributed by atoms with E-state index in [0.717, 1.165) is 18.0 Å². The van der Waals surface area contributed by atoms with Crippen molar-refractivity contribution in [3.63, 3.8) is 0 Å². The molecule has 0 N–H and O–H groups in total. The van der Waals surface area contributed by atoms with Crippen LogP contribution in [0, 0.1) is 11.7 Å². The lowest BCUT2D eigenvalue weighted by Gasteiger charge is -2.03. The Labute approximate surface area is 131 Å². The van der Waals surface area contributed by atoms with Crippen molar-refractivity contribution in [2.75, 3.05) is 0 Å². The van der Waals surface area contributed by atoms with E-state index in [-0.39, 0.29) is 11.6 Å². The Morgan fingerprint density at radius 1 is 1.43 bits per heavy atom. The number of rotatable bonds is 6. The lowest BCUT2D eigenvalue weighted by Crippen LogP contribution is -2.02. The van der Waals surface area contributed by atoms with Crippen molar-refractivity contribution in [2.45, 2.75) is 32.2 Å². The van der Waals surface area contributed by atoms with Crippen LogP contribution in [0.15, 0.2) is 35.1 Å². The Kier molecular flexibility index (Phi) is 4.19. The molecule has 21 heavy (non-hydrogen) atoms. The maximum absolute atomic E-state index is 13.0. The van der Waals surface area contributed by atoms with E-state index < -0.39 is 0 Å². The number of nitrogens with zero attached hydrogens (tertiary/aromatic N) is 2. The van der Waals surface area contributed by atoms with Gasteiger partial charge in [-0.1, -0.05) is 0 Å². The van der Waals surface area contributed by atoms with Gasteiger partial charge in [-0.3, -0.25) is 9.48 Å². The second kappa shape index (κ2) is 6.10. The number of carbonyl (C=O) groups is 1. The van der Waals surface area contributed by atoms with Crippen LogP contribution in [0.2, 0.25) is 0 Å². The summed E-state index contributed by atoms with van der Waals surface area (Å²) in [7, 11) is 0. The van der Waals surface area contributed by atoms with E-state index in [4.69, 9.17) is 0 Å². The molecule has 0 bridgehead atoms. The minimum Gasteiger partial charge on any atom is -0.294 e. The number of ketones is 1. The average Bonchev–Trinajstić information content (AvgIpc) is 3.13. The van der Waals surface area contributed by atoms with Crippen LogP contribution in [0.3, 0.4) is 0 Å². The molecule has 0 unspecified atom stereocenters. The van der Waals surface area contributed by atoms with Crippen LogP contribution in [0.5, 0.6) is 0 Å². The smallest absolute Gasteiger partial charge is 0.164 e. The molecule has 1 saturated carbocycles. The van der Waals surface area contributed by atoms with Gasteiger partial charge in [0.2, 0.25) is 0 Å². The van der Waals surface area contributed by atoms with Crippen molar-refractivity contribution >= 4 is 21.7 Å². The molecule has 5 heteroatoms. The second-order valence-electron chi connectivity index (χ2n) is 5.56. The van der Waals surface area contributed by atoms with Gasteiger partial charge in [-0.25, -0.2) is 4.39 Å². The van der Waals surface area contributed by atoms with E-state index in [1.54, 1.807) is 0 Å². The fourth-order valence-electron chi connectivity index (χ4n) is 2.31. The maximum Gasteiger partial charge on any atom is 0.164 e. The van der Waals surface area contributed by atoms with Crippen molar-refractivity contribution < 1.29 is 9.18 Å². The molecular formula is C16H16BrFN2O. The van der Waals surface area contributed by atoms with E-state index in [2.05, 4.69) is 21.0 Å². The lowest BCUT2D eigenvalue weighted by atomic mass is 10.0. The van der Waals surface area contributed by atoms with Gasteiger partial charge in [-0.05, 0) is 64.9 Å². The molecule has 1 aromatic carbocycles. The standard InChI is InChI=1S/C16H16BrFN2O/c17-15-7-13(18)4-5-14(15)16(21)6-3-12-8-19-20(10-12)9-11-1-2-11/h4-5,7-8,10-11H,1-3,6,9H2. The topological polar surface area (TPSA) is 34.9 Å². The molecule has 1 aliphatic rings. The normalized spacial score (nSPS) is 14.4. The highest BCUT2D eigenvalue weighted by Gasteiger charge is 2.22. The zero-order valence-corrected chi connectivity index (χ0v) is 13.1. The van der Waals surface area contributed by atoms with Crippen LogP contribution in [0.4, 0.5) is 4.39 Å². The molecular weight excluding hydrogens is 335 g/mol. The van der Waals surface area contributed by atoms with Crippen molar-refractivity contribution in [1.29, 1.82) is 0 Å². The molecule has 3 rings (SSSR count). The molecule has 0 amide bonds. The second-order valence-corrected chi connectivity index (χ2v) is 6.42. The molecule has 1 fully saturated rings. The molecule has 0 saturated heterocycles. The fraction of sp³-hybridized carbons (Fsp3) is 0.375. The number of carbonyl (C=O) groups excluding carboxylic acids is 1. The van der Waals surface area contributed by atoms with Crippen molar-refractivity contribution in [1.82, 2.24) is 9.78 Å². The number of aryl methyl sites for hydroxylation is 1. The van der Waals surface area contributed by atoms with E-state index >= 15 is 0 Å². The van der Waals surface area contributed by atoms with Gasteiger partial charge in [0.05, 0.1) is 6.20 Å². The first-order valence-electron chi connectivity index (χ1n) is 7.11. The average molecular weight is 351 g/mol. The summed E-state index contributed by atoms with van der Waals surface area (Å²) in [6.45, 7) is 0.984. The zero-order valence-electron chi connectivity index (χ0n) is 11.6. The summed E-state index contributed by atoms with van der Waals surface area (Å²) >= 11 is 3.23. The molecule has 2 aromatic rings. The third-order valence-electron chi connectivity index (χ3n) is 3.70. The first-order valence-corrected chi connectivity index (χ1v) is 7.90. The van der Waals surface area contributed by atoms with Crippen molar-refractivity contribution in [2.24, 2.45) is 5.92 Å². The predicted octanol–water partition coefficient (Wildman–Crippen LogP) is 4.01. The monoisotopic (exact) mass is 350 g/mol. The Hall–Kier alpha value is -1.49. The first kappa shape index (κ1) is 14.4. The molecule has 3 nitrogen and oxygen atoms in total. The Balaban J connectivity index is 1.58. The molecule has 0 radical (unpaired) electrons. The Morgan fingerprint density at radius 3 is 2.95 bits per heavy atom. The first-order chi connectivity index (χ1) is 10.1. The number of aromatic nitrogens is 2. The summed E-state index contributed by atoms with van der Waals surface area (Å²) in [5.74, 6) is 0.450. The molecule has 1 aromatic heterocycles. The van der Waals surface area contributed by atoms with E-state index in [0.29, 0.717) is 22.9 Å². The van der Waals surface area contributed by atoms with Gasteiger partial charge >= 0.3 is 0 Å². The molecule has 1 aliphatic carbocycles. The molecule has 0 aliphatic heterocycles. The highest BCUT2D eigenvalue weighted by molar-refractivity contribution is 9.10. The summed E-state index contributed by atoms with van der Waals surface area (Å²) < 4.78 is 15.5. The van der Waals surface area contributed by atoms with E-state index in [1.807, 2.05) is 17.1 Å². The Bertz CT molecular complexity index is 664. The fourth-order valence-corrected chi connectivity index (χ4v) is 2.88. The van der Waals surface area contributed by atoms with Crippen LogP contribution in [-0.2, 0) is 13.0 Å². The number of Topliss-reactive ketones (excluding diaryl/α,β-unsaturated/α-hetero) is 1. The highest BCUT2D eigenvalue weighted by atomic mass is 79.9. The third kappa shape index (κ3) is 3.79. The summed E-state index contributed by atoms with van der Waals surface area (Å²) in [5.41, 5.74) is 1.60. The predicted molar refractivity (Wildman–Crippen MR) is 81.7 cm³/mol. The molecule has 0 spiro atoms. The van der Waals surface area contributed by atoms with Crippen molar-refractivity contribution in [3.8, 4) is 0 Å². The zero-order chi connectivity index (χ0) is 14.8. The summed E-state index contributed by atoms with van der Waals surface area (Å²) in [5, 5.41) is 4.32. The lowest BCUT2D eigenvalue weighted by molar-refractivity contribution is 0.0982. The number of hydrogen-bond acceptors (Lipinski definition) is 2. The van der Waals surface area contributed by atoms with Gasteiger partial charge in [0.1, 0.15) is 5.82 Å². The number of benzene rings is 1. The third-order valence-corrected chi connectivity index (χ3v) is 4.36. The van der Waals surface area contributed by atoms with Gasteiger partial charge in [0, 0.05) is 29.2 Å².